The maximum absolute atomic E-state index is 5.66. The van der Waals surface area contributed by atoms with Gasteiger partial charge in [0.15, 0.2) is 11.6 Å². The van der Waals surface area contributed by atoms with Crippen LogP contribution in [0.3, 0.4) is 0 Å². The molecule has 2 heterocycles. The average Bonchev–Trinajstić information content (AvgIpc) is 2.89. The highest BCUT2D eigenvalue weighted by Crippen LogP contribution is 2.17. The fourth-order valence-electron chi connectivity index (χ4n) is 1.85. The molecule has 0 saturated carbocycles. The van der Waals surface area contributed by atoms with Gasteiger partial charge in [-0.25, -0.2) is 14.6 Å². The molecular weight excluding hydrogens is 238 g/mol. The van der Waals surface area contributed by atoms with Crippen molar-refractivity contribution in [2.24, 2.45) is 0 Å². The lowest BCUT2D eigenvalue weighted by atomic mass is 10.2. The largest absolute Gasteiger partial charge is 0.399 e. The van der Waals surface area contributed by atoms with E-state index in [0.717, 1.165) is 22.6 Å². The van der Waals surface area contributed by atoms with Crippen molar-refractivity contribution in [1.29, 1.82) is 0 Å². The number of rotatable bonds is 2. The number of aromatic nitrogens is 4. The lowest BCUT2D eigenvalue weighted by Crippen LogP contribution is -2.00. The molecule has 0 radical (unpaired) electrons. The van der Waals surface area contributed by atoms with Crippen molar-refractivity contribution >= 4 is 5.69 Å². The van der Waals surface area contributed by atoms with Gasteiger partial charge in [0.05, 0.1) is 0 Å². The lowest BCUT2D eigenvalue weighted by Gasteiger charge is -2.02. The number of anilines is 1. The standard InChI is InChI=1S/C14H13N5/c1-10-3-2-8-16-14(10)19-9-17-13(18-19)11-4-6-12(15)7-5-11/h2-9H,15H2,1H3. The summed E-state index contributed by atoms with van der Waals surface area (Å²) in [5.74, 6) is 1.45. The highest BCUT2D eigenvalue weighted by Gasteiger charge is 2.07. The van der Waals surface area contributed by atoms with Crippen LogP contribution in [0.15, 0.2) is 48.9 Å². The van der Waals surface area contributed by atoms with E-state index in [2.05, 4.69) is 15.1 Å². The van der Waals surface area contributed by atoms with E-state index in [9.17, 15) is 0 Å². The first-order chi connectivity index (χ1) is 9.24. The Morgan fingerprint density at radius 1 is 1.05 bits per heavy atom. The summed E-state index contributed by atoms with van der Waals surface area (Å²) < 4.78 is 1.68. The molecule has 2 aromatic heterocycles. The second-order valence-electron chi connectivity index (χ2n) is 4.28. The first kappa shape index (κ1) is 11.4. The quantitative estimate of drug-likeness (QED) is 0.709. The SMILES string of the molecule is Cc1cccnc1-n1cnc(-c2ccc(N)cc2)n1. The molecule has 94 valence electrons. The summed E-state index contributed by atoms with van der Waals surface area (Å²) in [6, 6.07) is 11.4. The van der Waals surface area contributed by atoms with Crippen molar-refractivity contribution in [3.05, 3.63) is 54.5 Å². The molecule has 3 aromatic rings. The summed E-state index contributed by atoms with van der Waals surface area (Å²) in [4.78, 5) is 8.61. The van der Waals surface area contributed by atoms with Crippen LogP contribution in [0, 0.1) is 6.92 Å². The molecule has 0 saturated heterocycles. The Labute approximate surface area is 110 Å². The topological polar surface area (TPSA) is 69.6 Å². The van der Waals surface area contributed by atoms with Gasteiger partial charge in [0, 0.05) is 17.4 Å². The number of hydrogen-bond donors (Lipinski definition) is 1. The Kier molecular flexibility index (Phi) is 2.72. The lowest BCUT2D eigenvalue weighted by molar-refractivity contribution is 0.839. The summed E-state index contributed by atoms with van der Waals surface area (Å²) >= 11 is 0. The van der Waals surface area contributed by atoms with E-state index in [1.807, 2.05) is 43.3 Å². The molecule has 0 atom stereocenters. The van der Waals surface area contributed by atoms with Crippen molar-refractivity contribution < 1.29 is 0 Å². The van der Waals surface area contributed by atoms with Gasteiger partial charge in [-0.15, -0.1) is 5.10 Å². The van der Waals surface area contributed by atoms with E-state index < -0.39 is 0 Å². The second-order valence-corrected chi connectivity index (χ2v) is 4.28. The minimum absolute atomic E-state index is 0.657. The number of hydrogen-bond acceptors (Lipinski definition) is 4. The molecule has 2 N–H and O–H groups in total. The zero-order valence-corrected chi connectivity index (χ0v) is 10.5. The van der Waals surface area contributed by atoms with Crippen LogP contribution in [-0.4, -0.2) is 19.7 Å². The zero-order chi connectivity index (χ0) is 13.2. The third-order valence-electron chi connectivity index (χ3n) is 2.86. The van der Waals surface area contributed by atoms with Crippen LogP contribution in [-0.2, 0) is 0 Å². The molecule has 3 rings (SSSR count). The smallest absolute Gasteiger partial charge is 0.181 e. The van der Waals surface area contributed by atoms with Gasteiger partial charge in [-0.3, -0.25) is 0 Å². The van der Waals surface area contributed by atoms with E-state index in [1.165, 1.54) is 0 Å². The van der Waals surface area contributed by atoms with Gasteiger partial charge < -0.3 is 5.73 Å². The van der Waals surface area contributed by atoms with Gasteiger partial charge in [0.1, 0.15) is 6.33 Å². The molecule has 0 aliphatic carbocycles. The van der Waals surface area contributed by atoms with E-state index in [-0.39, 0.29) is 0 Å². The Morgan fingerprint density at radius 3 is 2.58 bits per heavy atom. The molecule has 0 aliphatic heterocycles. The van der Waals surface area contributed by atoms with Crippen LogP contribution in [0.1, 0.15) is 5.56 Å². The molecule has 0 amide bonds. The van der Waals surface area contributed by atoms with Gasteiger partial charge in [0.25, 0.3) is 0 Å². The van der Waals surface area contributed by atoms with Gasteiger partial charge in [-0.1, -0.05) is 6.07 Å². The van der Waals surface area contributed by atoms with Crippen LogP contribution >= 0.6 is 0 Å². The predicted molar refractivity (Wildman–Crippen MR) is 73.7 cm³/mol. The summed E-state index contributed by atoms with van der Waals surface area (Å²) in [5.41, 5.74) is 8.37. The van der Waals surface area contributed by atoms with Crippen molar-refractivity contribution in [3.8, 4) is 17.2 Å². The van der Waals surface area contributed by atoms with Crippen molar-refractivity contribution in [3.63, 3.8) is 0 Å². The molecule has 1 aromatic carbocycles. The Balaban J connectivity index is 2.00. The Bertz CT molecular complexity index is 700. The maximum atomic E-state index is 5.66. The maximum Gasteiger partial charge on any atom is 0.181 e. The predicted octanol–water partition coefficient (Wildman–Crippen LogP) is 2.22. The number of nitrogen functional groups attached to an aromatic ring is 1. The van der Waals surface area contributed by atoms with E-state index in [1.54, 1.807) is 17.2 Å². The fourth-order valence-corrected chi connectivity index (χ4v) is 1.85. The molecule has 0 unspecified atom stereocenters. The average molecular weight is 251 g/mol. The first-order valence-electron chi connectivity index (χ1n) is 5.93. The number of pyridine rings is 1. The normalized spacial score (nSPS) is 10.6. The summed E-state index contributed by atoms with van der Waals surface area (Å²) in [7, 11) is 0. The second kappa shape index (κ2) is 4.53. The summed E-state index contributed by atoms with van der Waals surface area (Å²) in [6.45, 7) is 1.99. The van der Waals surface area contributed by atoms with Gasteiger partial charge in [-0.05, 0) is 42.8 Å². The van der Waals surface area contributed by atoms with E-state index in [4.69, 9.17) is 5.73 Å². The van der Waals surface area contributed by atoms with Gasteiger partial charge >= 0.3 is 0 Å². The van der Waals surface area contributed by atoms with Crippen LogP contribution in [0.2, 0.25) is 0 Å². The molecule has 0 bridgehead atoms. The minimum Gasteiger partial charge on any atom is -0.399 e. The van der Waals surface area contributed by atoms with Gasteiger partial charge in [0.2, 0.25) is 0 Å². The van der Waals surface area contributed by atoms with Gasteiger partial charge in [-0.2, -0.15) is 0 Å². The van der Waals surface area contributed by atoms with E-state index >= 15 is 0 Å². The van der Waals surface area contributed by atoms with E-state index in [0.29, 0.717) is 5.82 Å². The number of nitrogens with two attached hydrogens (primary N) is 1. The molecule has 0 aliphatic rings. The molecule has 0 spiro atoms. The number of aryl methyl sites for hydroxylation is 1. The fraction of sp³-hybridized carbons (Fsp3) is 0.0714. The number of benzene rings is 1. The molecule has 5 nitrogen and oxygen atoms in total. The van der Waals surface area contributed by atoms with Crippen molar-refractivity contribution in [2.45, 2.75) is 6.92 Å². The third kappa shape index (κ3) is 2.18. The summed E-state index contributed by atoms with van der Waals surface area (Å²) in [6.07, 6.45) is 3.41. The molecule has 19 heavy (non-hydrogen) atoms. The van der Waals surface area contributed by atoms with Crippen LogP contribution in [0.5, 0.6) is 0 Å². The zero-order valence-electron chi connectivity index (χ0n) is 10.5. The Hall–Kier alpha value is -2.69. The monoisotopic (exact) mass is 251 g/mol. The molecule has 5 heteroatoms. The van der Waals surface area contributed by atoms with Crippen molar-refractivity contribution in [2.75, 3.05) is 5.73 Å². The highest BCUT2D eigenvalue weighted by atomic mass is 15.4. The number of nitrogens with zero attached hydrogens (tertiary/aromatic N) is 4. The minimum atomic E-state index is 0.657. The molecular formula is C14H13N5. The van der Waals surface area contributed by atoms with Crippen molar-refractivity contribution in [1.82, 2.24) is 19.7 Å². The Morgan fingerprint density at radius 2 is 1.84 bits per heavy atom. The summed E-state index contributed by atoms with van der Waals surface area (Å²) in [5, 5.41) is 4.44. The molecule has 0 fully saturated rings. The van der Waals surface area contributed by atoms with Crippen LogP contribution < -0.4 is 5.73 Å². The highest BCUT2D eigenvalue weighted by molar-refractivity contribution is 5.58. The first-order valence-corrected chi connectivity index (χ1v) is 5.93. The van der Waals surface area contributed by atoms with Crippen LogP contribution in [0.25, 0.3) is 17.2 Å². The third-order valence-corrected chi connectivity index (χ3v) is 2.86. The van der Waals surface area contributed by atoms with Crippen LogP contribution in [0.4, 0.5) is 5.69 Å².